The molecule has 1 aliphatic heterocycles. The lowest BCUT2D eigenvalue weighted by molar-refractivity contribution is -0.136. The molecule has 150 valence electrons. The smallest absolute Gasteiger partial charge is 0.261 e. The number of para-hydroxylation sites is 1. The number of rotatable bonds is 7. The normalized spacial score (nSPS) is 17.9. The van der Waals surface area contributed by atoms with Crippen LogP contribution in [0.25, 0.3) is 0 Å². The summed E-state index contributed by atoms with van der Waals surface area (Å²) in [6.45, 7) is 0.251. The second-order valence-corrected chi connectivity index (χ2v) is 9.47. The van der Waals surface area contributed by atoms with Crippen molar-refractivity contribution in [1.82, 2.24) is 4.90 Å². The van der Waals surface area contributed by atoms with Gasteiger partial charge in [-0.2, -0.15) is 0 Å². The van der Waals surface area contributed by atoms with Gasteiger partial charge in [0.05, 0.1) is 11.5 Å². The Morgan fingerprint density at radius 2 is 1.75 bits per heavy atom. The van der Waals surface area contributed by atoms with Crippen LogP contribution in [0.2, 0.25) is 0 Å². The topological polar surface area (TPSA) is 66.9 Å². The minimum Gasteiger partial charge on any atom is -0.484 e. The Morgan fingerprint density at radius 3 is 2.32 bits per heavy atom. The summed E-state index contributed by atoms with van der Waals surface area (Å²) in [6.07, 6.45) is 0.467. The van der Waals surface area contributed by atoms with E-state index in [0.29, 0.717) is 18.7 Å². The molecule has 0 unspecified atom stereocenters. The van der Waals surface area contributed by atoms with Crippen LogP contribution in [0.4, 0.5) is 5.69 Å². The van der Waals surface area contributed by atoms with Crippen LogP contribution >= 0.6 is 0 Å². The number of hydrogen-bond donors (Lipinski definition) is 0. The zero-order valence-electron chi connectivity index (χ0n) is 16.2. The molecule has 0 aromatic heterocycles. The van der Waals surface area contributed by atoms with E-state index in [4.69, 9.17) is 4.74 Å². The van der Waals surface area contributed by atoms with E-state index in [1.807, 2.05) is 61.5 Å². The predicted octanol–water partition coefficient (Wildman–Crippen LogP) is 2.35. The van der Waals surface area contributed by atoms with Gasteiger partial charge in [0.1, 0.15) is 5.75 Å². The van der Waals surface area contributed by atoms with E-state index in [2.05, 4.69) is 0 Å². The Kier molecular flexibility index (Phi) is 6.24. The molecule has 2 aromatic carbocycles. The van der Waals surface area contributed by atoms with Crippen LogP contribution in [-0.4, -0.2) is 57.5 Å². The summed E-state index contributed by atoms with van der Waals surface area (Å²) in [4.78, 5) is 16.5. The molecule has 1 aliphatic rings. The number of hydrogen-bond acceptors (Lipinski definition) is 5. The molecule has 1 heterocycles. The van der Waals surface area contributed by atoms with Gasteiger partial charge >= 0.3 is 0 Å². The third-order valence-electron chi connectivity index (χ3n) is 4.88. The summed E-state index contributed by atoms with van der Waals surface area (Å²) in [7, 11) is 0.842. The van der Waals surface area contributed by atoms with Crippen molar-refractivity contribution in [2.24, 2.45) is 0 Å². The third kappa shape index (κ3) is 5.25. The molecule has 0 aliphatic carbocycles. The van der Waals surface area contributed by atoms with Crippen molar-refractivity contribution in [2.75, 3.05) is 37.1 Å². The minimum absolute atomic E-state index is 0.0137. The summed E-state index contributed by atoms with van der Waals surface area (Å²) >= 11 is 0. The first-order valence-electron chi connectivity index (χ1n) is 9.28. The molecule has 1 atom stereocenters. The van der Waals surface area contributed by atoms with Gasteiger partial charge in [-0.3, -0.25) is 4.79 Å². The molecule has 7 heteroatoms. The van der Waals surface area contributed by atoms with E-state index in [9.17, 15) is 13.2 Å². The summed E-state index contributed by atoms with van der Waals surface area (Å²) in [5, 5.41) is 0. The quantitative estimate of drug-likeness (QED) is 0.711. The van der Waals surface area contributed by atoms with Crippen molar-refractivity contribution in [1.29, 1.82) is 0 Å². The fourth-order valence-corrected chi connectivity index (χ4v) is 5.01. The van der Waals surface area contributed by atoms with Crippen LogP contribution in [0.3, 0.4) is 0 Å². The first kappa shape index (κ1) is 20.2. The summed E-state index contributed by atoms with van der Waals surface area (Å²) in [5.74, 6) is 0.549. The first-order chi connectivity index (χ1) is 13.3. The van der Waals surface area contributed by atoms with Crippen molar-refractivity contribution in [2.45, 2.75) is 19.0 Å². The number of carbonyl (C=O) groups is 1. The highest BCUT2D eigenvalue weighted by Gasteiger charge is 2.34. The molecule has 0 spiro atoms. The van der Waals surface area contributed by atoms with Crippen LogP contribution in [0.5, 0.6) is 5.75 Å². The minimum atomic E-state index is -3.09. The second-order valence-electron chi connectivity index (χ2n) is 7.24. The average Bonchev–Trinajstić information content (AvgIpc) is 3.05. The molecule has 28 heavy (non-hydrogen) atoms. The van der Waals surface area contributed by atoms with E-state index in [-0.39, 0.29) is 30.1 Å². The van der Waals surface area contributed by atoms with Gasteiger partial charge in [0, 0.05) is 32.4 Å². The van der Waals surface area contributed by atoms with Crippen LogP contribution < -0.4 is 9.64 Å². The van der Waals surface area contributed by atoms with Crippen molar-refractivity contribution < 1.29 is 17.9 Å². The predicted molar refractivity (Wildman–Crippen MR) is 110 cm³/mol. The van der Waals surface area contributed by atoms with Crippen LogP contribution in [0.1, 0.15) is 12.0 Å². The highest BCUT2D eigenvalue weighted by molar-refractivity contribution is 7.91. The fourth-order valence-electron chi connectivity index (χ4n) is 3.28. The van der Waals surface area contributed by atoms with Gasteiger partial charge in [0.2, 0.25) is 0 Å². The van der Waals surface area contributed by atoms with Gasteiger partial charge in [0.25, 0.3) is 5.91 Å². The van der Waals surface area contributed by atoms with E-state index >= 15 is 0 Å². The largest absolute Gasteiger partial charge is 0.484 e. The zero-order valence-corrected chi connectivity index (χ0v) is 17.1. The van der Waals surface area contributed by atoms with Crippen LogP contribution in [-0.2, 0) is 21.2 Å². The van der Waals surface area contributed by atoms with Crippen LogP contribution in [0.15, 0.2) is 54.6 Å². The molecule has 0 saturated carbocycles. The Morgan fingerprint density at radius 1 is 1.07 bits per heavy atom. The van der Waals surface area contributed by atoms with Crippen molar-refractivity contribution in [3.05, 3.63) is 60.2 Å². The van der Waals surface area contributed by atoms with Crippen molar-refractivity contribution in [3.63, 3.8) is 0 Å². The highest BCUT2D eigenvalue weighted by atomic mass is 32.2. The maximum atomic E-state index is 12.9. The van der Waals surface area contributed by atoms with Gasteiger partial charge in [-0.25, -0.2) is 8.42 Å². The molecule has 0 radical (unpaired) electrons. The second kappa shape index (κ2) is 8.65. The third-order valence-corrected chi connectivity index (χ3v) is 6.63. The molecule has 2 aromatic rings. The first-order valence-corrected chi connectivity index (χ1v) is 11.1. The maximum Gasteiger partial charge on any atom is 0.261 e. The maximum absolute atomic E-state index is 12.9. The number of nitrogens with zero attached hydrogens (tertiary/aromatic N) is 2. The molecule has 1 fully saturated rings. The molecule has 1 saturated heterocycles. The lowest BCUT2D eigenvalue weighted by atomic mass is 10.1. The average molecular weight is 403 g/mol. The summed E-state index contributed by atoms with van der Waals surface area (Å²) in [5.41, 5.74) is 2.03. The van der Waals surface area contributed by atoms with Gasteiger partial charge in [-0.15, -0.1) is 0 Å². The number of benzene rings is 2. The monoisotopic (exact) mass is 402 g/mol. The zero-order chi connectivity index (χ0) is 20.1. The van der Waals surface area contributed by atoms with E-state index in [1.54, 1.807) is 17.0 Å². The van der Waals surface area contributed by atoms with Gasteiger partial charge in [-0.05, 0) is 36.2 Å². The van der Waals surface area contributed by atoms with E-state index < -0.39 is 9.84 Å². The van der Waals surface area contributed by atoms with Gasteiger partial charge in [0.15, 0.2) is 16.4 Å². The molecule has 3 rings (SSSR count). The van der Waals surface area contributed by atoms with E-state index in [1.165, 1.54) is 0 Å². The van der Waals surface area contributed by atoms with Gasteiger partial charge < -0.3 is 14.5 Å². The number of amides is 1. The number of ether oxygens (including phenoxy) is 1. The molecular weight excluding hydrogens is 376 g/mol. The number of anilines is 1. The SMILES string of the molecule is CN(C)c1ccc(CN(C(=O)COc2ccccc2)[C@@H]2CCS(=O)(=O)C2)cc1. The van der Waals surface area contributed by atoms with Crippen molar-refractivity contribution >= 4 is 21.4 Å². The Hall–Kier alpha value is -2.54. The standard InChI is InChI=1S/C21H26N2O4S/c1-22(2)18-10-8-17(9-11-18)14-23(19-12-13-28(25,26)16-19)21(24)15-27-20-6-4-3-5-7-20/h3-11,19H,12-16H2,1-2H3/t19-/m1/s1. The van der Waals surface area contributed by atoms with Crippen LogP contribution in [0, 0.1) is 0 Å². The van der Waals surface area contributed by atoms with Crippen molar-refractivity contribution in [3.8, 4) is 5.75 Å². The summed E-state index contributed by atoms with van der Waals surface area (Å²) in [6, 6.07) is 16.7. The molecule has 1 amide bonds. The molecule has 0 bridgehead atoms. The highest BCUT2D eigenvalue weighted by Crippen LogP contribution is 2.22. The lowest BCUT2D eigenvalue weighted by Gasteiger charge is -2.28. The lowest BCUT2D eigenvalue weighted by Crippen LogP contribution is -2.43. The Bertz CT molecular complexity index is 896. The fraction of sp³-hybridized carbons (Fsp3) is 0.381. The summed E-state index contributed by atoms with van der Waals surface area (Å²) < 4.78 is 29.5. The molecular formula is C21H26N2O4S. The van der Waals surface area contributed by atoms with Gasteiger partial charge in [-0.1, -0.05) is 30.3 Å². The molecule has 6 nitrogen and oxygen atoms in total. The Balaban J connectivity index is 1.73. The Labute approximate surface area is 166 Å². The number of carbonyl (C=O) groups excluding carboxylic acids is 1. The van der Waals surface area contributed by atoms with E-state index in [0.717, 1.165) is 11.3 Å². The number of sulfone groups is 1. The molecule has 0 N–H and O–H groups in total.